The fourth-order valence-corrected chi connectivity index (χ4v) is 1.66. The third kappa shape index (κ3) is 1.91. The summed E-state index contributed by atoms with van der Waals surface area (Å²) in [6.45, 7) is 3.48. The van der Waals surface area contributed by atoms with Gasteiger partial charge in [0.1, 0.15) is 9.39 Å². The van der Waals surface area contributed by atoms with Gasteiger partial charge in [-0.2, -0.15) is 0 Å². The van der Waals surface area contributed by atoms with Crippen molar-refractivity contribution in [1.82, 2.24) is 4.98 Å². The second-order valence-corrected chi connectivity index (χ2v) is 3.68. The highest BCUT2D eigenvalue weighted by Crippen LogP contribution is 2.23. The predicted molar refractivity (Wildman–Crippen MR) is 51.4 cm³/mol. The van der Waals surface area contributed by atoms with Crippen molar-refractivity contribution in [2.45, 2.75) is 20.3 Å². The number of hydrogen-bond acceptors (Lipinski definition) is 1. The number of alkyl halides is 2. The van der Waals surface area contributed by atoms with Crippen LogP contribution in [0.5, 0.6) is 0 Å². The molecule has 0 fully saturated rings. The lowest BCUT2D eigenvalue weighted by Crippen LogP contribution is -1.99. The lowest BCUT2D eigenvalue weighted by molar-refractivity contribution is 0.145. The Bertz CT molecular complexity index is 299. The molecule has 0 N–H and O–H groups in total. The Morgan fingerprint density at radius 3 is 2.50 bits per heavy atom. The van der Waals surface area contributed by atoms with Crippen LogP contribution in [0.2, 0.25) is 0 Å². The fourth-order valence-electron chi connectivity index (χ4n) is 0.933. The van der Waals surface area contributed by atoms with Crippen LogP contribution in [-0.4, -0.2) is 4.98 Å². The number of aromatic nitrogens is 1. The predicted octanol–water partition coefficient (Wildman–Crippen LogP) is 3.24. The third-order valence-electron chi connectivity index (χ3n) is 1.75. The maximum atomic E-state index is 12.3. The number of pyridine rings is 1. The van der Waals surface area contributed by atoms with Crippen LogP contribution < -0.4 is 0 Å². The highest BCUT2D eigenvalue weighted by molar-refractivity contribution is 14.1. The highest BCUT2D eigenvalue weighted by Gasteiger charge is 2.14. The zero-order valence-electron chi connectivity index (χ0n) is 6.74. The Kier molecular flexibility index (Phi) is 2.98. The number of halogens is 3. The minimum atomic E-state index is -2.47. The SMILES string of the molecule is Cc1cc(I)nc(C(F)F)c1C. The molecule has 0 aromatic carbocycles. The summed E-state index contributed by atoms with van der Waals surface area (Å²) < 4.78 is 25.3. The molecular formula is C8H8F2IN. The molecule has 0 saturated heterocycles. The van der Waals surface area contributed by atoms with Gasteiger partial charge < -0.3 is 0 Å². The van der Waals surface area contributed by atoms with E-state index in [2.05, 4.69) is 4.98 Å². The molecule has 0 unspecified atom stereocenters. The average molecular weight is 283 g/mol. The second kappa shape index (κ2) is 3.64. The van der Waals surface area contributed by atoms with E-state index < -0.39 is 6.43 Å². The van der Waals surface area contributed by atoms with E-state index in [4.69, 9.17) is 0 Å². The summed E-state index contributed by atoms with van der Waals surface area (Å²) >= 11 is 1.94. The van der Waals surface area contributed by atoms with Gasteiger partial charge in [-0.1, -0.05) is 0 Å². The zero-order chi connectivity index (χ0) is 9.30. The van der Waals surface area contributed by atoms with E-state index in [0.717, 1.165) is 5.56 Å². The topological polar surface area (TPSA) is 12.9 Å². The van der Waals surface area contributed by atoms with Gasteiger partial charge in [0.2, 0.25) is 0 Å². The molecule has 1 aromatic heterocycles. The van der Waals surface area contributed by atoms with E-state index in [1.54, 1.807) is 13.0 Å². The van der Waals surface area contributed by atoms with Crippen LogP contribution in [0.3, 0.4) is 0 Å². The summed E-state index contributed by atoms with van der Waals surface area (Å²) in [5, 5.41) is 0. The van der Waals surface area contributed by atoms with Gasteiger partial charge in [0.25, 0.3) is 6.43 Å². The number of aryl methyl sites for hydroxylation is 1. The van der Waals surface area contributed by atoms with Crippen molar-refractivity contribution in [2.24, 2.45) is 0 Å². The molecule has 0 radical (unpaired) electrons. The Morgan fingerprint density at radius 1 is 1.42 bits per heavy atom. The molecule has 1 nitrogen and oxygen atoms in total. The van der Waals surface area contributed by atoms with E-state index in [9.17, 15) is 8.78 Å². The molecule has 0 spiro atoms. The van der Waals surface area contributed by atoms with Crippen molar-refractivity contribution in [3.05, 3.63) is 26.6 Å². The zero-order valence-corrected chi connectivity index (χ0v) is 8.89. The molecule has 0 atom stereocenters. The van der Waals surface area contributed by atoms with Gasteiger partial charge in [-0.3, -0.25) is 0 Å². The van der Waals surface area contributed by atoms with Gasteiger partial charge >= 0.3 is 0 Å². The molecule has 1 rings (SSSR count). The molecular weight excluding hydrogens is 275 g/mol. The van der Waals surface area contributed by atoms with E-state index >= 15 is 0 Å². The molecule has 0 aliphatic carbocycles. The molecule has 0 saturated carbocycles. The van der Waals surface area contributed by atoms with E-state index in [1.807, 2.05) is 29.5 Å². The van der Waals surface area contributed by atoms with Gasteiger partial charge in [0, 0.05) is 0 Å². The van der Waals surface area contributed by atoms with Gasteiger partial charge in [0.15, 0.2) is 0 Å². The summed E-state index contributed by atoms with van der Waals surface area (Å²) in [5.41, 5.74) is 1.36. The average Bonchev–Trinajstić information content (AvgIpc) is 1.96. The van der Waals surface area contributed by atoms with Crippen LogP contribution >= 0.6 is 22.6 Å². The smallest absolute Gasteiger partial charge is 0.241 e. The second-order valence-electron chi connectivity index (χ2n) is 2.57. The molecule has 0 aliphatic rings. The van der Waals surface area contributed by atoms with E-state index in [1.165, 1.54) is 0 Å². The summed E-state index contributed by atoms with van der Waals surface area (Å²) in [6, 6.07) is 1.79. The lowest BCUT2D eigenvalue weighted by Gasteiger charge is -2.06. The van der Waals surface area contributed by atoms with Gasteiger partial charge in [-0.15, -0.1) is 0 Å². The molecule has 0 aliphatic heterocycles. The largest absolute Gasteiger partial charge is 0.280 e. The van der Waals surface area contributed by atoms with E-state index in [0.29, 0.717) is 9.26 Å². The minimum Gasteiger partial charge on any atom is -0.241 e. The van der Waals surface area contributed by atoms with Crippen LogP contribution in [-0.2, 0) is 0 Å². The van der Waals surface area contributed by atoms with Crippen LogP contribution in [0.15, 0.2) is 6.07 Å². The van der Waals surface area contributed by atoms with Crippen LogP contribution in [0.1, 0.15) is 23.2 Å². The molecule has 0 amide bonds. The maximum absolute atomic E-state index is 12.3. The first kappa shape index (κ1) is 9.83. The normalized spacial score (nSPS) is 10.8. The summed E-state index contributed by atoms with van der Waals surface area (Å²) in [6.07, 6.45) is -2.47. The molecule has 4 heteroatoms. The van der Waals surface area contributed by atoms with Crippen LogP contribution in [0, 0.1) is 17.5 Å². The number of nitrogens with zero attached hydrogens (tertiary/aromatic N) is 1. The lowest BCUT2D eigenvalue weighted by atomic mass is 10.1. The quantitative estimate of drug-likeness (QED) is 0.569. The van der Waals surface area contributed by atoms with Crippen molar-refractivity contribution in [2.75, 3.05) is 0 Å². The Labute approximate surface area is 83.3 Å². The van der Waals surface area contributed by atoms with Gasteiger partial charge in [-0.25, -0.2) is 13.8 Å². The molecule has 1 heterocycles. The van der Waals surface area contributed by atoms with Crippen molar-refractivity contribution < 1.29 is 8.78 Å². The first-order valence-electron chi connectivity index (χ1n) is 3.44. The summed E-state index contributed by atoms with van der Waals surface area (Å²) in [5.74, 6) is 0. The highest BCUT2D eigenvalue weighted by atomic mass is 127. The van der Waals surface area contributed by atoms with Crippen LogP contribution in [0.4, 0.5) is 8.78 Å². The number of rotatable bonds is 1. The van der Waals surface area contributed by atoms with Crippen molar-refractivity contribution in [3.63, 3.8) is 0 Å². The summed E-state index contributed by atoms with van der Waals surface area (Å²) in [7, 11) is 0. The Hall–Kier alpha value is -0.260. The minimum absolute atomic E-state index is 0.0978. The van der Waals surface area contributed by atoms with Gasteiger partial charge in [0.05, 0.1) is 0 Å². The molecule has 66 valence electrons. The van der Waals surface area contributed by atoms with Crippen molar-refractivity contribution in [3.8, 4) is 0 Å². The van der Waals surface area contributed by atoms with Crippen molar-refractivity contribution >= 4 is 22.6 Å². The van der Waals surface area contributed by atoms with E-state index in [-0.39, 0.29) is 5.69 Å². The van der Waals surface area contributed by atoms with Crippen LogP contribution in [0.25, 0.3) is 0 Å². The fraction of sp³-hybridized carbons (Fsp3) is 0.375. The first-order valence-corrected chi connectivity index (χ1v) is 4.52. The summed E-state index contributed by atoms with van der Waals surface area (Å²) in [4.78, 5) is 3.77. The number of hydrogen-bond donors (Lipinski definition) is 0. The molecule has 12 heavy (non-hydrogen) atoms. The van der Waals surface area contributed by atoms with Gasteiger partial charge in [-0.05, 0) is 53.6 Å². The third-order valence-corrected chi connectivity index (χ3v) is 2.30. The maximum Gasteiger partial charge on any atom is 0.280 e. The monoisotopic (exact) mass is 283 g/mol. The Balaban J connectivity index is 3.28. The first-order chi connectivity index (χ1) is 5.52. The standard InChI is InChI=1S/C8H8F2IN/c1-4-3-6(11)12-7(5(4)2)8(9)10/h3,8H,1-2H3. The Morgan fingerprint density at radius 2 is 2.00 bits per heavy atom. The van der Waals surface area contributed by atoms with Crippen molar-refractivity contribution in [1.29, 1.82) is 0 Å². The molecule has 1 aromatic rings. The molecule has 0 bridgehead atoms.